The summed E-state index contributed by atoms with van der Waals surface area (Å²) < 4.78 is 6.32. The molecule has 13 heavy (non-hydrogen) atoms. The maximum absolute atomic E-state index is 10.6. The molecule has 0 unspecified atom stereocenters. The van der Waals surface area contributed by atoms with Gasteiger partial charge in [-0.15, -0.1) is 0 Å². The summed E-state index contributed by atoms with van der Waals surface area (Å²) in [6.45, 7) is 2.66. The van der Waals surface area contributed by atoms with Gasteiger partial charge in [0.15, 0.2) is 6.29 Å². The van der Waals surface area contributed by atoms with Crippen molar-refractivity contribution < 1.29 is 9.53 Å². The van der Waals surface area contributed by atoms with Crippen LogP contribution in [0.25, 0.3) is 0 Å². The number of benzene rings is 1. The zero-order valence-electron chi connectivity index (χ0n) is 7.42. The molecular weight excluding hydrogens is 232 g/mol. The molecule has 0 aliphatic carbocycles. The molecule has 1 rings (SSSR count). The van der Waals surface area contributed by atoms with Crippen molar-refractivity contribution in [1.82, 2.24) is 0 Å². The quantitative estimate of drug-likeness (QED) is 0.759. The van der Waals surface area contributed by atoms with Gasteiger partial charge in [-0.25, -0.2) is 0 Å². The van der Waals surface area contributed by atoms with Crippen LogP contribution in [0, 0.1) is 0 Å². The summed E-state index contributed by atoms with van der Waals surface area (Å²) in [7, 11) is 0. The minimum atomic E-state index is 0.594. The van der Waals surface area contributed by atoms with E-state index in [1.165, 1.54) is 0 Å². The minimum Gasteiger partial charge on any atom is -0.493 e. The van der Waals surface area contributed by atoms with E-state index in [-0.39, 0.29) is 0 Å². The highest BCUT2D eigenvalue weighted by Gasteiger charge is 2.02. The highest BCUT2D eigenvalue weighted by atomic mass is 79.9. The fourth-order valence-corrected chi connectivity index (χ4v) is 1.28. The van der Waals surface area contributed by atoms with E-state index in [9.17, 15) is 4.79 Å². The van der Waals surface area contributed by atoms with Crippen LogP contribution in [0.15, 0.2) is 22.7 Å². The molecule has 0 saturated carbocycles. The second-order valence-corrected chi connectivity index (χ2v) is 3.56. The highest BCUT2D eigenvalue weighted by Crippen LogP contribution is 2.22. The molecule has 0 atom stereocenters. The standard InChI is InChI=1S/C10H11BrO2/c1-2-5-13-10-6-9(11)4-3-8(10)7-12/h3-4,6-7H,2,5H2,1H3. The maximum Gasteiger partial charge on any atom is 0.153 e. The summed E-state index contributed by atoms with van der Waals surface area (Å²) >= 11 is 3.32. The Bertz CT molecular complexity index is 297. The SMILES string of the molecule is CCCOc1cc(Br)ccc1C=O. The van der Waals surface area contributed by atoms with Gasteiger partial charge in [-0.2, -0.15) is 0 Å². The van der Waals surface area contributed by atoms with Crippen LogP contribution < -0.4 is 4.74 Å². The average molecular weight is 243 g/mol. The van der Waals surface area contributed by atoms with Crippen molar-refractivity contribution in [3.05, 3.63) is 28.2 Å². The van der Waals surface area contributed by atoms with E-state index in [0.29, 0.717) is 17.9 Å². The zero-order chi connectivity index (χ0) is 9.68. The molecule has 2 nitrogen and oxygen atoms in total. The largest absolute Gasteiger partial charge is 0.493 e. The lowest BCUT2D eigenvalue weighted by molar-refractivity contribution is 0.111. The van der Waals surface area contributed by atoms with E-state index < -0.39 is 0 Å². The average Bonchev–Trinajstić information content (AvgIpc) is 2.15. The lowest BCUT2D eigenvalue weighted by Crippen LogP contribution is -1.98. The molecular formula is C10H11BrO2. The third kappa shape index (κ3) is 2.84. The molecule has 0 fully saturated rings. The van der Waals surface area contributed by atoms with Crippen LogP contribution >= 0.6 is 15.9 Å². The van der Waals surface area contributed by atoms with Crippen molar-refractivity contribution in [3.8, 4) is 5.75 Å². The van der Waals surface area contributed by atoms with Gasteiger partial charge >= 0.3 is 0 Å². The first-order valence-corrected chi connectivity index (χ1v) is 4.94. The van der Waals surface area contributed by atoms with E-state index >= 15 is 0 Å². The van der Waals surface area contributed by atoms with Crippen LogP contribution in [0.3, 0.4) is 0 Å². The maximum atomic E-state index is 10.6. The topological polar surface area (TPSA) is 26.3 Å². The lowest BCUT2D eigenvalue weighted by Gasteiger charge is -2.06. The molecule has 1 aromatic carbocycles. The predicted octanol–water partition coefficient (Wildman–Crippen LogP) is 3.05. The number of halogens is 1. The zero-order valence-corrected chi connectivity index (χ0v) is 9.00. The second-order valence-electron chi connectivity index (χ2n) is 2.65. The Morgan fingerprint density at radius 3 is 2.92 bits per heavy atom. The molecule has 0 aliphatic rings. The molecule has 0 aliphatic heterocycles. The Kier molecular flexibility index (Phi) is 3.96. The lowest BCUT2D eigenvalue weighted by atomic mass is 10.2. The number of carbonyl (C=O) groups is 1. The van der Waals surface area contributed by atoms with Crippen LogP contribution in [-0.2, 0) is 0 Å². The first-order valence-electron chi connectivity index (χ1n) is 4.15. The van der Waals surface area contributed by atoms with E-state index in [4.69, 9.17) is 4.74 Å². The van der Waals surface area contributed by atoms with Gasteiger partial charge in [0.05, 0.1) is 12.2 Å². The van der Waals surface area contributed by atoms with Crippen LogP contribution in [0.5, 0.6) is 5.75 Å². The number of ether oxygens (including phenoxy) is 1. The van der Waals surface area contributed by atoms with Gasteiger partial charge in [-0.05, 0) is 24.6 Å². The van der Waals surface area contributed by atoms with E-state index in [0.717, 1.165) is 17.2 Å². The normalized spacial score (nSPS) is 9.69. The predicted molar refractivity (Wildman–Crippen MR) is 55.3 cm³/mol. The third-order valence-electron chi connectivity index (χ3n) is 1.56. The van der Waals surface area contributed by atoms with Crippen LogP contribution in [0.2, 0.25) is 0 Å². The number of rotatable bonds is 4. The molecule has 0 aromatic heterocycles. The highest BCUT2D eigenvalue weighted by molar-refractivity contribution is 9.10. The first-order chi connectivity index (χ1) is 6.27. The minimum absolute atomic E-state index is 0.594. The van der Waals surface area contributed by atoms with E-state index in [2.05, 4.69) is 15.9 Å². The molecule has 3 heteroatoms. The number of hydrogen-bond donors (Lipinski definition) is 0. The van der Waals surface area contributed by atoms with Gasteiger partial charge in [0.1, 0.15) is 5.75 Å². The van der Waals surface area contributed by atoms with Gasteiger partial charge in [-0.3, -0.25) is 4.79 Å². The summed E-state index contributed by atoms with van der Waals surface area (Å²) in [5.41, 5.74) is 0.594. The summed E-state index contributed by atoms with van der Waals surface area (Å²) in [6.07, 6.45) is 1.74. The van der Waals surface area contributed by atoms with Gasteiger partial charge < -0.3 is 4.74 Å². The Hall–Kier alpha value is -0.830. The van der Waals surface area contributed by atoms with Gasteiger partial charge in [-0.1, -0.05) is 22.9 Å². The fourth-order valence-electron chi connectivity index (χ4n) is 0.943. The first kappa shape index (κ1) is 10.3. The molecule has 0 N–H and O–H groups in total. The van der Waals surface area contributed by atoms with Crippen molar-refractivity contribution in [2.24, 2.45) is 0 Å². The molecule has 0 spiro atoms. The smallest absolute Gasteiger partial charge is 0.153 e. The molecule has 0 radical (unpaired) electrons. The molecule has 70 valence electrons. The molecule has 0 saturated heterocycles. The van der Waals surface area contributed by atoms with Crippen LogP contribution in [-0.4, -0.2) is 12.9 Å². The van der Waals surface area contributed by atoms with E-state index in [1.807, 2.05) is 13.0 Å². The monoisotopic (exact) mass is 242 g/mol. The summed E-state index contributed by atoms with van der Waals surface area (Å²) in [6, 6.07) is 5.37. The van der Waals surface area contributed by atoms with Gasteiger partial charge in [0.25, 0.3) is 0 Å². The Labute approximate surface area is 86.0 Å². The van der Waals surface area contributed by atoms with Gasteiger partial charge in [0.2, 0.25) is 0 Å². The van der Waals surface area contributed by atoms with Crippen molar-refractivity contribution in [1.29, 1.82) is 0 Å². The van der Waals surface area contributed by atoms with Crippen molar-refractivity contribution >= 4 is 22.2 Å². The van der Waals surface area contributed by atoms with Crippen LogP contribution in [0.1, 0.15) is 23.7 Å². The molecule has 0 amide bonds. The van der Waals surface area contributed by atoms with Gasteiger partial charge in [0, 0.05) is 4.47 Å². The summed E-state index contributed by atoms with van der Waals surface area (Å²) in [4.78, 5) is 10.6. The van der Waals surface area contributed by atoms with Crippen molar-refractivity contribution in [3.63, 3.8) is 0 Å². The van der Waals surface area contributed by atoms with Crippen molar-refractivity contribution in [2.45, 2.75) is 13.3 Å². The van der Waals surface area contributed by atoms with Crippen LogP contribution in [0.4, 0.5) is 0 Å². The number of carbonyl (C=O) groups excluding carboxylic acids is 1. The van der Waals surface area contributed by atoms with E-state index in [1.54, 1.807) is 12.1 Å². The third-order valence-corrected chi connectivity index (χ3v) is 2.06. The Morgan fingerprint density at radius 1 is 1.54 bits per heavy atom. The number of hydrogen-bond acceptors (Lipinski definition) is 2. The molecule has 0 bridgehead atoms. The summed E-state index contributed by atoms with van der Waals surface area (Å²) in [5, 5.41) is 0. The molecule has 1 aromatic rings. The Balaban J connectivity index is 2.87. The summed E-state index contributed by atoms with van der Waals surface area (Å²) in [5.74, 6) is 0.645. The fraction of sp³-hybridized carbons (Fsp3) is 0.300. The molecule has 0 heterocycles. The Morgan fingerprint density at radius 2 is 2.31 bits per heavy atom. The second kappa shape index (κ2) is 5.02. The number of aldehydes is 1. The van der Waals surface area contributed by atoms with Crippen molar-refractivity contribution in [2.75, 3.05) is 6.61 Å².